The van der Waals surface area contributed by atoms with Crippen LogP contribution in [0.5, 0.6) is 0 Å². The second-order valence-corrected chi connectivity index (χ2v) is 8.45. The van der Waals surface area contributed by atoms with Crippen LogP contribution in [-0.4, -0.2) is 28.7 Å². The number of halogens is 2. The Kier molecular flexibility index (Phi) is 5.80. The molecule has 8 heteroatoms. The standard InChI is InChI=1S/C22H25Cl2N5O/c1-4-5-6-10-17-26-21(30)18-16(28(17)2)12-11-15-20(18)29(3)22(25-15)27-19-13(23)8-7-9-14(19)24/h7-9,11-12,17H,4-6,10H2,1-3H3,(H,25,27)(H,26,30). The quantitative estimate of drug-likeness (QED) is 0.476. The molecule has 1 aliphatic rings. The Morgan fingerprint density at radius 3 is 2.57 bits per heavy atom. The molecule has 1 atom stereocenters. The van der Waals surface area contributed by atoms with Gasteiger partial charge in [0.15, 0.2) is 0 Å². The number of anilines is 3. The lowest BCUT2D eigenvalue weighted by Gasteiger charge is -2.36. The number of benzene rings is 2. The molecule has 0 spiro atoms. The largest absolute Gasteiger partial charge is 0.354 e. The minimum atomic E-state index is -0.0690. The normalized spacial score (nSPS) is 16.0. The number of carbonyl (C=O) groups excluding carboxylic acids is 1. The summed E-state index contributed by atoms with van der Waals surface area (Å²) in [5, 5.41) is 7.39. The first-order valence-electron chi connectivity index (χ1n) is 10.2. The summed E-state index contributed by atoms with van der Waals surface area (Å²) >= 11 is 12.6. The molecule has 0 saturated carbocycles. The van der Waals surface area contributed by atoms with Gasteiger partial charge >= 0.3 is 0 Å². The third-order valence-electron chi connectivity index (χ3n) is 5.67. The molecule has 2 heterocycles. The van der Waals surface area contributed by atoms with E-state index in [0.29, 0.717) is 27.2 Å². The zero-order chi connectivity index (χ0) is 21.4. The molecule has 0 bridgehead atoms. The number of carbonyl (C=O) groups is 1. The summed E-state index contributed by atoms with van der Waals surface area (Å²) < 4.78 is 1.87. The maximum Gasteiger partial charge on any atom is 0.257 e. The van der Waals surface area contributed by atoms with E-state index in [1.54, 1.807) is 18.2 Å². The van der Waals surface area contributed by atoms with Gasteiger partial charge in [0.1, 0.15) is 6.17 Å². The molecule has 2 N–H and O–H groups in total. The van der Waals surface area contributed by atoms with Crippen LogP contribution in [0.25, 0.3) is 11.0 Å². The van der Waals surface area contributed by atoms with E-state index in [9.17, 15) is 4.79 Å². The minimum absolute atomic E-state index is 0.00162. The number of hydrogen-bond acceptors (Lipinski definition) is 4. The lowest BCUT2D eigenvalue weighted by molar-refractivity contribution is 0.0927. The molecular formula is C22H25Cl2N5O. The molecule has 1 aromatic heterocycles. The van der Waals surface area contributed by atoms with Crippen molar-refractivity contribution in [1.29, 1.82) is 0 Å². The summed E-state index contributed by atoms with van der Waals surface area (Å²) in [6.45, 7) is 2.18. The van der Waals surface area contributed by atoms with E-state index in [4.69, 9.17) is 23.2 Å². The Labute approximate surface area is 186 Å². The Hall–Kier alpha value is -2.44. The zero-order valence-corrected chi connectivity index (χ0v) is 18.8. The van der Waals surface area contributed by atoms with Gasteiger partial charge in [-0.3, -0.25) is 4.79 Å². The van der Waals surface area contributed by atoms with Crippen LogP contribution in [-0.2, 0) is 7.05 Å². The molecule has 3 aromatic rings. The van der Waals surface area contributed by atoms with Crippen molar-refractivity contribution in [1.82, 2.24) is 14.9 Å². The average Bonchev–Trinajstić information content (AvgIpc) is 3.04. The number of para-hydroxylation sites is 1. The van der Waals surface area contributed by atoms with Gasteiger partial charge in [0, 0.05) is 14.1 Å². The number of fused-ring (bicyclic) bond motifs is 3. The molecule has 0 radical (unpaired) electrons. The highest BCUT2D eigenvalue weighted by Crippen LogP contribution is 2.36. The number of unbranched alkanes of at least 4 members (excludes halogenated alkanes) is 2. The fraction of sp³-hybridized carbons (Fsp3) is 0.364. The number of hydrogen-bond donors (Lipinski definition) is 2. The molecule has 1 amide bonds. The van der Waals surface area contributed by atoms with Gasteiger partial charge in [0.25, 0.3) is 5.91 Å². The van der Waals surface area contributed by atoms with Crippen molar-refractivity contribution in [2.45, 2.75) is 38.8 Å². The van der Waals surface area contributed by atoms with E-state index in [1.165, 1.54) is 0 Å². The third-order valence-corrected chi connectivity index (χ3v) is 6.30. The van der Waals surface area contributed by atoms with Crippen molar-refractivity contribution >= 4 is 57.5 Å². The molecule has 6 nitrogen and oxygen atoms in total. The first-order chi connectivity index (χ1) is 14.4. The van der Waals surface area contributed by atoms with E-state index in [0.717, 1.165) is 42.4 Å². The van der Waals surface area contributed by atoms with Crippen molar-refractivity contribution in [3.05, 3.63) is 45.9 Å². The number of nitrogens with zero attached hydrogens (tertiary/aromatic N) is 3. The molecule has 0 saturated heterocycles. The van der Waals surface area contributed by atoms with Crippen molar-refractivity contribution in [3.8, 4) is 0 Å². The SMILES string of the molecule is CCCCCC1NC(=O)c2c(ccc3nc(Nc4c(Cl)cccc4Cl)n(C)c23)N1C. The van der Waals surface area contributed by atoms with Crippen LogP contribution in [0, 0.1) is 0 Å². The number of amides is 1. The number of rotatable bonds is 6. The lowest BCUT2D eigenvalue weighted by atomic mass is 10.0. The van der Waals surface area contributed by atoms with Crippen LogP contribution in [0.2, 0.25) is 10.0 Å². The molecule has 158 valence electrons. The van der Waals surface area contributed by atoms with Crippen LogP contribution in [0.1, 0.15) is 43.0 Å². The topological polar surface area (TPSA) is 62.2 Å². The number of aromatic nitrogens is 2. The lowest BCUT2D eigenvalue weighted by Crippen LogP contribution is -2.51. The van der Waals surface area contributed by atoms with Crippen molar-refractivity contribution in [2.24, 2.45) is 7.05 Å². The van der Waals surface area contributed by atoms with Crippen LogP contribution in [0.15, 0.2) is 30.3 Å². The fourth-order valence-corrected chi connectivity index (χ4v) is 4.49. The van der Waals surface area contributed by atoms with Crippen molar-refractivity contribution < 1.29 is 4.79 Å². The Morgan fingerprint density at radius 2 is 1.87 bits per heavy atom. The predicted molar refractivity (Wildman–Crippen MR) is 124 cm³/mol. The van der Waals surface area contributed by atoms with Crippen LogP contribution < -0.4 is 15.5 Å². The van der Waals surface area contributed by atoms with Crippen LogP contribution in [0.3, 0.4) is 0 Å². The second kappa shape index (κ2) is 8.36. The van der Waals surface area contributed by atoms with Gasteiger partial charge in [-0.05, 0) is 37.1 Å². The Morgan fingerprint density at radius 1 is 1.13 bits per heavy atom. The van der Waals surface area contributed by atoms with Crippen molar-refractivity contribution in [2.75, 3.05) is 17.3 Å². The smallest absolute Gasteiger partial charge is 0.257 e. The van der Waals surface area contributed by atoms with Gasteiger partial charge in [-0.2, -0.15) is 0 Å². The Bertz CT molecular complexity index is 1090. The second-order valence-electron chi connectivity index (χ2n) is 7.64. The van der Waals surface area contributed by atoms with E-state index in [1.807, 2.05) is 30.8 Å². The molecule has 4 rings (SSSR count). The molecule has 2 aromatic carbocycles. The van der Waals surface area contributed by atoms with E-state index >= 15 is 0 Å². The summed E-state index contributed by atoms with van der Waals surface area (Å²) in [5.74, 6) is 0.495. The highest BCUT2D eigenvalue weighted by molar-refractivity contribution is 6.39. The summed E-state index contributed by atoms with van der Waals surface area (Å²) in [6, 6.07) is 9.25. The first kappa shape index (κ1) is 20.8. The molecule has 30 heavy (non-hydrogen) atoms. The third kappa shape index (κ3) is 3.59. The van der Waals surface area contributed by atoms with Gasteiger partial charge in [-0.25, -0.2) is 4.98 Å². The average molecular weight is 446 g/mol. The highest BCUT2D eigenvalue weighted by Gasteiger charge is 2.31. The van der Waals surface area contributed by atoms with Gasteiger partial charge in [0.2, 0.25) is 5.95 Å². The summed E-state index contributed by atoms with van der Waals surface area (Å²) in [4.78, 5) is 19.9. The summed E-state index contributed by atoms with van der Waals surface area (Å²) in [7, 11) is 3.91. The number of aryl methyl sites for hydroxylation is 1. The molecule has 1 aliphatic heterocycles. The minimum Gasteiger partial charge on any atom is -0.354 e. The van der Waals surface area contributed by atoms with E-state index in [2.05, 4.69) is 27.4 Å². The fourth-order valence-electron chi connectivity index (χ4n) is 3.99. The molecule has 0 aliphatic carbocycles. The van der Waals surface area contributed by atoms with Gasteiger partial charge in [0.05, 0.1) is 38.0 Å². The van der Waals surface area contributed by atoms with E-state index in [-0.39, 0.29) is 12.1 Å². The van der Waals surface area contributed by atoms with Gasteiger partial charge < -0.3 is 20.1 Å². The van der Waals surface area contributed by atoms with Gasteiger partial charge in [-0.1, -0.05) is 49.0 Å². The van der Waals surface area contributed by atoms with Crippen LogP contribution >= 0.6 is 23.2 Å². The highest BCUT2D eigenvalue weighted by atomic mass is 35.5. The number of imidazole rings is 1. The van der Waals surface area contributed by atoms with Gasteiger partial charge in [-0.15, -0.1) is 0 Å². The molecule has 1 unspecified atom stereocenters. The molecule has 0 fully saturated rings. The predicted octanol–water partition coefficient (Wildman–Crippen LogP) is 5.71. The van der Waals surface area contributed by atoms with E-state index < -0.39 is 0 Å². The maximum absolute atomic E-state index is 13.1. The van der Waals surface area contributed by atoms with Crippen molar-refractivity contribution in [3.63, 3.8) is 0 Å². The first-order valence-corrected chi connectivity index (χ1v) is 10.9. The number of nitrogens with one attached hydrogen (secondary N) is 2. The molecular weight excluding hydrogens is 421 g/mol. The summed E-state index contributed by atoms with van der Waals surface area (Å²) in [6.07, 6.45) is 4.33. The van der Waals surface area contributed by atoms with Crippen LogP contribution in [0.4, 0.5) is 17.3 Å². The Balaban J connectivity index is 1.74. The monoisotopic (exact) mass is 445 g/mol. The maximum atomic E-state index is 13.1. The summed E-state index contributed by atoms with van der Waals surface area (Å²) in [5.41, 5.74) is 3.64. The zero-order valence-electron chi connectivity index (χ0n) is 17.3.